The van der Waals surface area contributed by atoms with Crippen molar-refractivity contribution in [1.82, 2.24) is 0 Å². The molecule has 0 aliphatic rings. The largest absolute Gasteiger partial charge is 0.504 e. The highest BCUT2D eigenvalue weighted by atomic mass is 19.1. The van der Waals surface area contributed by atoms with Gasteiger partial charge in [0.25, 0.3) is 0 Å². The number of hydrogen-bond donors (Lipinski definition) is 2. The van der Waals surface area contributed by atoms with E-state index in [1.54, 1.807) is 36.4 Å². The number of ether oxygens (including phenoxy) is 1. The van der Waals surface area contributed by atoms with E-state index in [2.05, 4.69) is 6.07 Å². The Hall–Kier alpha value is -2.84. The number of hydrogen-bond acceptors (Lipinski definition) is 4. The van der Waals surface area contributed by atoms with Gasteiger partial charge in [-0.05, 0) is 54.3 Å². The first-order valence-electron chi connectivity index (χ1n) is 11.1. The van der Waals surface area contributed by atoms with Crippen LogP contribution in [-0.4, -0.2) is 23.4 Å². The topological polar surface area (TPSA) is 73.5 Å². The van der Waals surface area contributed by atoms with Gasteiger partial charge in [0.05, 0.1) is 18.2 Å². The average Bonchev–Trinajstić information content (AvgIpc) is 2.77. The highest BCUT2D eigenvalue weighted by Crippen LogP contribution is 2.29. The summed E-state index contributed by atoms with van der Waals surface area (Å²) in [7, 11) is 0. The minimum absolute atomic E-state index is 0.0352. The van der Waals surface area contributed by atoms with Crippen molar-refractivity contribution in [2.75, 3.05) is 13.2 Å². The molecule has 0 heterocycles. The third-order valence-corrected chi connectivity index (χ3v) is 5.13. The monoisotopic (exact) mass is 425 g/mol. The van der Waals surface area contributed by atoms with Crippen LogP contribution in [0.25, 0.3) is 11.6 Å². The number of benzene rings is 2. The van der Waals surface area contributed by atoms with Gasteiger partial charge in [-0.3, -0.25) is 0 Å². The summed E-state index contributed by atoms with van der Waals surface area (Å²) in [5, 5.41) is 28.4. The molecule has 0 saturated carbocycles. The summed E-state index contributed by atoms with van der Waals surface area (Å²) in [4.78, 5) is 0. The molecule has 4 nitrogen and oxygen atoms in total. The molecule has 0 atom stereocenters. The lowest BCUT2D eigenvalue weighted by atomic mass is 10.0. The molecule has 0 aliphatic carbocycles. The van der Waals surface area contributed by atoms with Crippen LogP contribution in [0.15, 0.2) is 42.5 Å². The Kier molecular flexibility index (Phi) is 11.2. The van der Waals surface area contributed by atoms with Gasteiger partial charge < -0.3 is 14.9 Å². The minimum Gasteiger partial charge on any atom is -0.504 e. The molecule has 0 aromatic heterocycles. The van der Waals surface area contributed by atoms with E-state index in [1.807, 2.05) is 0 Å². The van der Waals surface area contributed by atoms with Crippen LogP contribution in [0, 0.1) is 17.1 Å². The molecule has 0 radical (unpaired) electrons. The van der Waals surface area contributed by atoms with Crippen LogP contribution in [0.5, 0.6) is 11.5 Å². The zero-order chi connectivity index (χ0) is 22.3. The van der Waals surface area contributed by atoms with Crippen LogP contribution >= 0.6 is 0 Å². The van der Waals surface area contributed by atoms with Crippen molar-refractivity contribution in [1.29, 1.82) is 5.26 Å². The number of halogens is 1. The predicted molar refractivity (Wildman–Crippen MR) is 122 cm³/mol. The maximum Gasteiger partial charge on any atom is 0.160 e. The number of aromatic hydroxyl groups is 1. The molecule has 0 fully saturated rings. The fourth-order valence-electron chi connectivity index (χ4n) is 3.36. The Balaban J connectivity index is 1.73. The SMILES string of the molecule is N#C/C(=C\c1ccc(OCCCCCCCCCCCO)c(O)c1)c1ccc(F)cc1. The molecule has 2 rings (SSSR count). The van der Waals surface area contributed by atoms with Gasteiger partial charge in [0.1, 0.15) is 5.82 Å². The second-order valence-corrected chi connectivity index (χ2v) is 7.66. The fourth-order valence-corrected chi connectivity index (χ4v) is 3.36. The molecule has 2 aromatic rings. The van der Waals surface area contributed by atoms with Crippen molar-refractivity contribution in [2.24, 2.45) is 0 Å². The summed E-state index contributed by atoms with van der Waals surface area (Å²) in [5.41, 5.74) is 1.68. The summed E-state index contributed by atoms with van der Waals surface area (Å²) < 4.78 is 18.8. The normalized spacial score (nSPS) is 11.3. The van der Waals surface area contributed by atoms with E-state index < -0.39 is 0 Å². The number of phenols is 1. The Morgan fingerprint density at radius 1 is 0.903 bits per heavy atom. The van der Waals surface area contributed by atoms with E-state index in [0.29, 0.717) is 35.7 Å². The van der Waals surface area contributed by atoms with Gasteiger partial charge in [-0.25, -0.2) is 4.39 Å². The molecule has 2 N–H and O–H groups in total. The van der Waals surface area contributed by atoms with E-state index in [9.17, 15) is 14.8 Å². The van der Waals surface area contributed by atoms with Gasteiger partial charge in [-0.15, -0.1) is 0 Å². The zero-order valence-electron chi connectivity index (χ0n) is 18.0. The van der Waals surface area contributed by atoms with Crippen molar-refractivity contribution < 1.29 is 19.3 Å². The molecule has 5 heteroatoms. The summed E-state index contributed by atoms with van der Waals surface area (Å²) in [6, 6.07) is 12.9. The molecule has 166 valence electrons. The van der Waals surface area contributed by atoms with E-state index >= 15 is 0 Å². The third-order valence-electron chi connectivity index (χ3n) is 5.13. The van der Waals surface area contributed by atoms with E-state index in [4.69, 9.17) is 9.84 Å². The summed E-state index contributed by atoms with van der Waals surface area (Å²) in [6.07, 6.45) is 11.8. The van der Waals surface area contributed by atoms with Crippen molar-refractivity contribution in [2.45, 2.75) is 57.8 Å². The first-order valence-corrected chi connectivity index (χ1v) is 11.1. The summed E-state index contributed by atoms with van der Waals surface area (Å²) >= 11 is 0. The van der Waals surface area contributed by atoms with Crippen molar-refractivity contribution in [3.05, 3.63) is 59.4 Å². The highest BCUT2D eigenvalue weighted by molar-refractivity contribution is 5.89. The van der Waals surface area contributed by atoms with Gasteiger partial charge in [0, 0.05) is 6.61 Å². The highest BCUT2D eigenvalue weighted by Gasteiger charge is 2.06. The number of unbranched alkanes of at least 4 members (excludes halogenated alkanes) is 8. The van der Waals surface area contributed by atoms with Crippen LogP contribution in [-0.2, 0) is 0 Å². The molecular weight excluding hydrogens is 393 g/mol. The van der Waals surface area contributed by atoms with Crippen molar-refractivity contribution >= 4 is 11.6 Å². The summed E-state index contributed by atoms with van der Waals surface area (Å²) in [5.74, 6) is 0.115. The van der Waals surface area contributed by atoms with Gasteiger partial charge in [-0.2, -0.15) is 5.26 Å². The minimum atomic E-state index is -0.352. The molecule has 0 spiro atoms. The van der Waals surface area contributed by atoms with Gasteiger partial charge in [0.2, 0.25) is 0 Å². The lowest BCUT2D eigenvalue weighted by Crippen LogP contribution is -1.97. The zero-order valence-corrected chi connectivity index (χ0v) is 18.0. The standard InChI is InChI=1S/C26H32FNO3/c27-24-13-11-22(12-14-24)23(20-28)18-21-10-15-26(25(30)19-21)31-17-9-7-5-3-1-2-4-6-8-16-29/h10-15,18-19,29-30H,1-9,16-17H2/b23-18+. The number of aliphatic hydroxyl groups excluding tert-OH is 1. The molecule has 31 heavy (non-hydrogen) atoms. The average molecular weight is 426 g/mol. The number of phenolic OH excluding ortho intramolecular Hbond substituents is 1. The first-order chi connectivity index (χ1) is 15.1. The molecule has 0 unspecified atom stereocenters. The van der Waals surface area contributed by atoms with Crippen LogP contribution in [0.4, 0.5) is 4.39 Å². The molecule has 0 aliphatic heterocycles. The van der Waals surface area contributed by atoms with Crippen LogP contribution in [0.1, 0.15) is 68.9 Å². The number of rotatable bonds is 14. The van der Waals surface area contributed by atoms with Crippen LogP contribution in [0.2, 0.25) is 0 Å². The Morgan fingerprint density at radius 3 is 2.10 bits per heavy atom. The number of nitriles is 1. The Morgan fingerprint density at radius 2 is 1.52 bits per heavy atom. The maximum atomic E-state index is 13.1. The third kappa shape index (κ3) is 9.23. The lowest BCUT2D eigenvalue weighted by molar-refractivity contribution is 0.282. The van der Waals surface area contributed by atoms with E-state index in [-0.39, 0.29) is 11.6 Å². The molecular formula is C26H32FNO3. The molecule has 2 aromatic carbocycles. The number of nitrogens with zero attached hydrogens (tertiary/aromatic N) is 1. The lowest BCUT2D eigenvalue weighted by Gasteiger charge is -2.09. The van der Waals surface area contributed by atoms with Crippen LogP contribution in [0.3, 0.4) is 0 Å². The summed E-state index contributed by atoms with van der Waals surface area (Å²) in [6.45, 7) is 0.851. The molecule has 0 saturated heterocycles. The molecule has 0 bridgehead atoms. The van der Waals surface area contributed by atoms with Gasteiger partial charge in [0.15, 0.2) is 11.5 Å². The van der Waals surface area contributed by atoms with E-state index in [1.165, 1.54) is 44.2 Å². The van der Waals surface area contributed by atoms with Crippen molar-refractivity contribution in [3.8, 4) is 17.6 Å². The Labute approximate surface area is 184 Å². The first kappa shape index (κ1) is 24.4. The smallest absolute Gasteiger partial charge is 0.160 e. The second-order valence-electron chi connectivity index (χ2n) is 7.66. The second kappa shape index (κ2) is 14.2. The maximum absolute atomic E-state index is 13.1. The van der Waals surface area contributed by atoms with Crippen LogP contribution < -0.4 is 4.74 Å². The predicted octanol–water partition coefficient (Wildman–Crippen LogP) is 6.48. The Bertz CT molecular complexity index is 856. The quantitative estimate of drug-likeness (QED) is 0.206. The molecule has 0 amide bonds. The van der Waals surface area contributed by atoms with Crippen molar-refractivity contribution in [3.63, 3.8) is 0 Å². The van der Waals surface area contributed by atoms with E-state index in [0.717, 1.165) is 25.7 Å². The van der Waals surface area contributed by atoms with Gasteiger partial charge >= 0.3 is 0 Å². The fraction of sp³-hybridized carbons (Fsp3) is 0.423. The number of allylic oxidation sites excluding steroid dienone is 1. The number of aliphatic hydroxyl groups is 1. The van der Waals surface area contributed by atoms with Gasteiger partial charge in [-0.1, -0.05) is 63.1 Å².